The van der Waals surface area contributed by atoms with Crippen LogP contribution in [0.5, 0.6) is 0 Å². The van der Waals surface area contributed by atoms with E-state index in [1.165, 1.54) is 22.3 Å². The molecule has 0 unspecified atom stereocenters. The maximum Gasteiger partial charge on any atom is 0.129 e. The van der Waals surface area contributed by atoms with Crippen LogP contribution in [-0.2, 0) is 25.7 Å². The highest BCUT2D eigenvalue weighted by Gasteiger charge is 2.25. The Morgan fingerprint density at radius 1 is 0.542 bits per heavy atom. The van der Waals surface area contributed by atoms with Gasteiger partial charge in [0.05, 0.1) is 22.8 Å². The van der Waals surface area contributed by atoms with Crippen molar-refractivity contribution in [2.24, 2.45) is 0 Å². The number of aromatic nitrogens is 3. The standard InChI is InChI=1S/C19H13Cl2N3/c20-14-7-5-10-1-3-12-9-13-4-2-11-6-8-15(21)23-17(11)19(13)24-18(12)16(10)22-14/h5-9H,1-4H2. The monoisotopic (exact) mass is 353 g/mol. The molecule has 0 saturated heterocycles. The average molecular weight is 354 g/mol. The van der Waals surface area contributed by atoms with E-state index >= 15 is 0 Å². The van der Waals surface area contributed by atoms with Crippen LogP contribution < -0.4 is 0 Å². The number of hydrogen-bond acceptors (Lipinski definition) is 3. The van der Waals surface area contributed by atoms with Gasteiger partial charge in [0.15, 0.2) is 0 Å². The molecule has 3 heterocycles. The van der Waals surface area contributed by atoms with Gasteiger partial charge in [-0.3, -0.25) is 0 Å². The first-order valence-corrected chi connectivity index (χ1v) is 8.79. The Bertz CT molecular complexity index is 921. The Labute approximate surface area is 149 Å². The highest BCUT2D eigenvalue weighted by molar-refractivity contribution is 6.29. The Balaban J connectivity index is 1.77. The lowest BCUT2D eigenvalue weighted by Crippen LogP contribution is -2.13. The molecule has 3 aromatic heterocycles. The quantitative estimate of drug-likeness (QED) is 0.549. The van der Waals surface area contributed by atoms with Gasteiger partial charge < -0.3 is 0 Å². The molecule has 2 aliphatic rings. The van der Waals surface area contributed by atoms with Crippen LogP contribution in [0.25, 0.3) is 22.8 Å². The number of rotatable bonds is 0. The number of fused-ring (bicyclic) bond motifs is 6. The molecule has 0 atom stereocenters. The Kier molecular flexibility index (Phi) is 3.15. The van der Waals surface area contributed by atoms with Crippen molar-refractivity contribution in [1.29, 1.82) is 0 Å². The minimum Gasteiger partial charge on any atom is -0.244 e. The number of halogens is 2. The van der Waals surface area contributed by atoms with E-state index in [2.05, 4.69) is 28.2 Å². The molecule has 3 aromatic rings. The van der Waals surface area contributed by atoms with Gasteiger partial charge >= 0.3 is 0 Å². The fourth-order valence-corrected chi connectivity index (χ4v) is 3.97. The number of pyridine rings is 3. The highest BCUT2D eigenvalue weighted by atomic mass is 35.5. The van der Waals surface area contributed by atoms with Gasteiger partial charge in [-0.05, 0) is 60.1 Å². The molecule has 118 valence electrons. The van der Waals surface area contributed by atoms with Crippen molar-refractivity contribution in [3.8, 4) is 22.8 Å². The summed E-state index contributed by atoms with van der Waals surface area (Å²) in [5.74, 6) is 0. The lowest BCUT2D eigenvalue weighted by molar-refractivity contribution is 0.874. The SMILES string of the molecule is Clc1ccc2c(n1)-c1nc3c(cc1CC2)CCc1ccc(Cl)nc1-3. The molecule has 24 heavy (non-hydrogen) atoms. The predicted molar refractivity (Wildman–Crippen MR) is 95.5 cm³/mol. The van der Waals surface area contributed by atoms with Crippen LogP contribution in [0, 0.1) is 0 Å². The van der Waals surface area contributed by atoms with Crippen molar-refractivity contribution in [1.82, 2.24) is 15.0 Å². The second-order valence-corrected chi connectivity index (χ2v) is 7.06. The number of aryl methyl sites for hydroxylation is 4. The molecule has 5 rings (SSSR count). The van der Waals surface area contributed by atoms with Crippen LogP contribution in [0.4, 0.5) is 0 Å². The van der Waals surface area contributed by atoms with E-state index in [1.54, 1.807) is 0 Å². The van der Waals surface area contributed by atoms with Gasteiger partial charge in [-0.15, -0.1) is 0 Å². The van der Waals surface area contributed by atoms with Crippen LogP contribution in [0.1, 0.15) is 22.3 Å². The maximum atomic E-state index is 6.12. The van der Waals surface area contributed by atoms with Crippen molar-refractivity contribution < 1.29 is 0 Å². The molecule has 0 spiro atoms. The third-order valence-corrected chi connectivity index (χ3v) is 5.27. The van der Waals surface area contributed by atoms with E-state index in [0.717, 1.165) is 48.5 Å². The summed E-state index contributed by atoms with van der Waals surface area (Å²) in [6.45, 7) is 0. The Morgan fingerprint density at radius 2 is 0.958 bits per heavy atom. The van der Waals surface area contributed by atoms with Gasteiger partial charge in [-0.2, -0.15) is 0 Å². The molecule has 0 aromatic carbocycles. The molecule has 0 saturated carbocycles. The van der Waals surface area contributed by atoms with Gasteiger partial charge in [-0.25, -0.2) is 15.0 Å². The maximum absolute atomic E-state index is 6.12. The second-order valence-electron chi connectivity index (χ2n) is 6.29. The van der Waals surface area contributed by atoms with Crippen molar-refractivity contribution in [3.05, 3.63) is 62.9 Å². The highest BCUT2D eigenvalue weighted by Crippen LogP contribution is 2.38. The summed E-state index contributed by atoms with van der Waals surface area (Å²) in [7, 11) is 0. The minimum atomic E-state index is 0.502. The molecule has 0 fully saturated rings. The summed E-state index contributed by atoms with van der Waals surface area (Å²) < 4.78 is 0. The van der Waals surface area contributed by atoms with E-state index in [4.69, 9.17) is 28.2 Å². The van der Waals surface area contributed by atoms with E-state index in [0.29, 0.717) is 10.3 Å². The summed E-state index contributed by atoms with van der Waals surface area (Å²) >= 11 is 12.2. The normalized spacial score (nSPS) is 14.4. The van der Waals surface area contributed by atoms with Crippen LogP contribution in [0.15, 0.2) is 30.3 Å². The molecule has 3 nitrogen and oxygen atoms in total. The number of hydrogen-bond donors (Lipinski definition) is 0. The minimum absolute atomic E-state index is 0.502. The first-order valence-electron chi connectivity index (χ1n) is 8.03. The molecule has 0 amide bonds. The van der Waals surface area contributed by atoms with Gasteiger partial charge in [0, 0.05) is 0 Å². The third kappa shape index (κ3) is 2.15. The molecule has 0 radical (unpaired) electrons. The summed E-state index contributed by atoms with van der Waals surface area (Å²) in [6.07, 6.45) is 3.94. The summed E-state index contributed by atoms with van der Waals surface area (Å²) in [5, 5.41) is 1.00. The zero-order valence-corrected chi connectivity index (χ0v) is 14.3. The average Bonchev–Trinajstić information content (AvgIpc) is 2.60. The van der Waals surface area contributed by atoms with Crippen LogP contribution >= 0.6 is 23.2 Å². The smallest absolute Gasteiger partial charge is 0.129 e. The van der Waals surface area contributed by atoms with Crippen molar-refractivity contribution in [3.63, 3.8) is 0 Å². The van der Waals surface area contributed by atoms with E-state index in [9.17, 15) is 0 Å². The summed E-state index contributed by atoms with van der Waals surface area (Å²) in [6, 6.07) is 10.1. The predicted octanol–water partition coefficient (Wildman–Crippen LogP) is 4.71. The molecule has 0 aliphatic heterocycles. The first kappa shape index (κ1) is 14.4. The molecule has 5 heteroatoms. The molecule has 0 N–H and O–H groups in total. The van der Waals surface area contributed by atoms with Gasteiger partial charge in [0.2, 0.25) is 0 Å². The zero-order valence-electron chi connectivity index (χ0n) is 12.8. The topological polar surface area (TPSA) is 38.7 Å². The Morgan fingerprint density at radius 3 is 1.46 bits per heavy atom. The molecule has 2 aliphatic carbocycles. The Hall–Kier alpha value is -1.97. The molecular formula is C19H13Cl2N3. The number of nitrogens with zero attached hydrogens (tertiary/aromatic N) is 3. The summed E-state index contributed by atoms with van der Waals surface area (Å²) in [5.41, 5.74) is 8.59. The van der Waals surface area contributed by atoms with Gasteiger partial charge in [0.1, 0.15) is 10.3 Å². The van der Waals surface area contributed by atoms with E-state index in [1.807, 2.05) is 12.1 Å². The second kappa shape index (κ2) is 5.27. The van der Waals surface area contributed by atoms with Gasteiger partial charge in [0.25, 0.3) is 0 Å². The van der Waals surface area contributed by atoms with Crippen LogP contribution in [-0.4, -0.2) is 15.0 Å². The van der Waals surface area contributed by atoms with Crippen LogP contribution in [0.2, 0.25) is 10.3 Å². The van der Waals surface area contributed by atoms with Crippen LogP contribution in [0.3, 0.4) is 0 Å². The van der Waals surface area contributed by atoms with E-state index < -0.39 is 0 Å². The largest absolute Gasteiger partial charge is 0.244 e. The lowest BCUT2D eigenvalue weighted by Gasteiger charge is -2.24. The zero-order chi connectivity index (χ0) is 16.3. The van der Waals surface area contributed by atoms with Crippen molar-refractivity contribution in [2.45, 2.75) is 25.7 Å². The molecular weight excluding hydrogens is 341 g/mol. The summed E-state index contributed by atoms with van der Waals surface area (Å²) in [4.78, 5) is 14.0. The first-order chi connectivity index (χ1) is 11.7. The third-order valence-electron chi connectivity index (χ3n) is 4.85. The van der Waals surface area contributed by atoms with E-state index in [-0.39, 0.29) is 0 Å². The van der Waals surface area contributed by atoms with Crippen molar-refractivity contribution >= 4 is 23.2 Å². The molecule has 0 bridgehead atoms. The fraction of sp³-hybridized carbons (Fsp3) is 0.211. The van der Waals surface area contributed by atoms with Crippen molar-refractivity contribution in [2.75, 3.05) is 0 Å². The fourth-order valence-electron chi connectivity index (χ4n) is 3.67. The van der Waals surface area contributed by atoms with Gasteiger partial charge in [-0.1, -0.05) is 41.4 Å². The lowest BCUT2D eigenvalue weighted by atomic mass is 9.87.